The molecule has 3 atom stereocenters. The first-order valence-electron chi connectivity index (χ1n) is 9.44. The fourth-order valence-corrected chi connectivity index (χ4v) is 4.87. The first-order chi connectivity index (χ1) is 13.6. The molecule has 1 aliphatic rings. The van der Waals surface area contributed by atoms with Crippen molar-refractivity contribution in [1.82, 2.24) is 0 Å². The summed E-state index contributed by atoms with van der Waals surface area (Å²) in [5.41, 5.74) is 3.16. The van der Waals surface area contributed by atoms with Crippen molar-refractivity contribution in [2.24, 2.45) is 0 Å². The summed E-state index contributed by atoms with van der Waals surface area (Å²) in [6.45, 7) is -0.578. The lowest BCUT2D eigenvalue weighted by atomic mass is 9.95. The van der Waals surface area contributed by atoms with Crippen molar-refractivity contribution in [1.29, 1.82) is 0 Å². The SMILES string of the molecule is O[C@H]1CC(CF)O[C@@H](c2ccc(Cl)c(Cc3ccc(-c4ccccc4)s3)c2)C1. The molecule has 1 fully saturated rings. The number of benzene rings is 2. The second kappa shape index (κ2) is 8.75. The molecule has 0 bridgehead atoms. The van der Waals surface area contributed by atoms with Gasteiger partial charge in [-0.2, -0.15) is 0 Å². The van der Waals surface area contributed by atoms with Crippen LogP contribution in [0.1, 0.15) is 34.9 Å². The van der Waals surface area contributed by atoms with E-state index in [0.29, 0.717) is 17.9 Å². The third-order valence-corrected chi connectivity index (χ3v) is 6.58. The number of ether oxygens (including phenoxy) is 1. The zero-order valence-electron chi connectivity index (χ0n) is 15.4. The zero-order valence-corrected chi connectivity index (χ0v) is 16.9. The molecule has 1 unspecified atom stereocenters. The summed E-state index contributed by atoms with van der Waals surface area (Å²) >= 11 is 8.20. The molecule has 4 rings (SSSR count). The van der Waals surface area contributed by atoms with E-state index in [0.717, 1.165) is 17.5 Å². The summed E-state index contributed by atoms with van der Waals surface area (Å²) < 4.78 is 18.9. The number of rotatable bonds is 5. The van der Waals surface area contributed by atoms with E-state index in [1.807, 2.05) is 36.4 Å². The van der Waals surface area contributed by atoms with Crippen LogP contribution in [-0.4, -0.2) is 24.0 Å². The Labute approximate surface area is 173 Å². The Bertz CT molecular complexity index is 927. The predicted molar refractivity (Wildman–Crippen MR) is 113 cm³/mol. The van der Waals surface area contributed by atoms with Gasteiger partial charge in [0, 0.05) is 34.0 Å². The second-order valence-corrected chi connectivity index (χ2v) is 8.76. The van der Waals surface area contributed by atoms with Gasteiger partial charge in [0.2, 0.25) is 0 Å². The minimum Gasteiger partial charge on any atom is -0.393 e. The minimum absolute atomic E-state index is 0.302. The van der Waals surface area contributed by atoms with E-state index in [9.17, 15) is 9.50 Å². The molecular formula is C23H22ClFO2S. The maximum Gasteiger partial charge on any atom is 0.116 e. The molecule has 1 N–H and O–H groups in total. The van der Waals surface area contributed by atoms with Crippen molar-refractivity contribution in [2.75, 3.05) is 6.67 Å². The fourth-order valence-electron chi connectivity index (χ4n) is 3.65. The van der Waals surface area contributed by atoms with Crippen LogP contribution < -0.4 is 0 Å². The van der Waals surface area contributed by atoms with Crippen molar-refractivity contribution < 1.29 is 14.2 Å². The van der Waals surface area contributed by atoms with E-state index in [4.69, 9.17) is 16.3 Å². The maximum absolute atomic E-state index is 13.1. The lowest BCUT2D eigenvalue weighted by molar-refractivity contribution is -0.104. The summed E-state index contributed by atoms with van der Waals surface area (Å²) in [5, 5.41) is 10.7. The molecule has 2 heterocycles. The standard InChI is InChI=1S/C23H22ClFO2S/c24-21-8-6-16(22-13-18(26)12-19(14-25)27-22)10-17(21)11-20-7-9-23(28-20)15-4-2-1-3-5-15/h1-10,18-19,22,26H,11-14H2/t18-,19?,22+/m0/s1. The normalized spacial score (nSPS) is 22.3. The van der Waals surface area contributed by atoms with Gasteiger partial charge >= 0.3 is 0 Å². The van der Waals surface area contributed by atoms with Crippen LogP contribution >= 0.6 is 22.9 Å². The average molecular weight is 417 g/mol. The van der Waals surface area contributed by atoms with Crippen molar-refractivity contribution in [3.05, 3.63) is 81.7 Å². The highest BCUT2D eigenvalue weighted by molar-refractivity contribution is 7.15. The van der Waals surface area contributed by atoms with E-state index in [-0.39, 0.29) is 6.10 Å². The fraction of sp³-hybridized carbons (Fsp3) is 0.304. The third-order valence-electron chi connectivity index (χ3n) is 5.08. The quantitative estimate of drug-likeness (QED) is 0.535. The average Bonchev–Trinajstić information content (AvgIpc) is 3.18. The van der Waals surface area contributed by atoms with Crippen LogP contribution in [-0.2, 0) is 11.2 Å². The Morgan fingerprint density at radius 3 is 2.68 bits per heavy atom. The van der Waals surface area contributed by atoms with Crippen LogP contribution in [0, 0.1) is 0 Å². The van der Waals surface area contributed by atoms with E-state index in [1.54, 1.807) is 11.3 Å². The van der Waals surface area contributed by atoms with Gasteiger partial charge in [0.05, 0.1) is 18.3 Å². The number of aliphatic hydroxyl groups excluding tert-OH is 1. The van der Waals surface area contributed by atoms with E-state index in [2.05, 4.69) is 24.3 Å². The molecule has 5 heteroatoms. The van der Waals surface area contributed by atoms with Crippen LogP contribution in [0.25, 0.3) is 10.4 Å². The number of aliphatic hydroxyl groups is 1. The molecule has 0 radical (unpaired) electrons. The molecule has 0 amide bonds. The van der Waals surface area contributed by atoms with Gasteiger partial charge in [-0.15, -0.1) is 11.3 Å². The smallest absolute Gasteiger partial charge is 0.116 e. The van der Waals surface area contributed by atoms with Gasteiger partial charge in [-0.3, -0.25) is 0 Å². The molecule has 146 valence electrons. The van der Waals surface area contributed by atoms with Gasteiger partial charge in [0.15, 0.2) is 0 Å². The molecule has 2 aromatic carbocycles. The Hall–Kier alpha value is -1.72. The zero-order chi connectivity index (χ0) is 19.5. The van der Waals surface area contributed by atoms with Crippen molar-refractivity contribution in [2.45, 2.75) is 37.6 Å². The highest BCUT2D eigenvalue weighted by atomic mass is 35.5. The van der Waals surface area contributed by atoms with Crippen LogP contribution in [0.3, 0.4) is 0 Å². The van der Waals surface area contributed by atoms with Crippen molar-refractivity contribution in [3.63, 3.8) is 0 Å². The molecule has 0 saturated carbocycles. The highest BCUT2D eigenvalue weighted by Gasteiger charge is 2.29. The third kappa shape index (κ3) is 4.47. The summed E-state index contributed by atoms with van der Waals surface area (Å²) in [6.07, 6.45) is 0.178. The monoisotopic (exact) mass is 416 g/mol. The Morgan fingerprint density at radius 1 is 1.07 bits per heavy atom. The Kier molecular flexibility index (Phi) is 6.12. The van der Waals surface area contributed by atoms with E-state index in [1.165, 1.54) is 15.3 Å². The molecular weight excluding hydrogens is 395 g/mol. The number of halogens is 2. The van der Waals surface area contributed by atoms with E-state index < -0.39 is 18.9 Å². The first-order valence-corrected chi connectivity index (χ1v) is 10.6. The molecule has 0 spiro atoms. The molecule has 3 aromatic rings. The largest absolute Gasteiger partial charge is 0.393 e. The molecule has 1 saturated heterocycles. The van der Waals surface area contributed by atoms with Gasteiger partial charge in [-0.05, 0) is 34.9 Å². The topological polar surface area (TPSA) is 29.5 Å². The minimum atomic E-state index is -0.578. The van der Waals surface area contributed by atoms with Crippen LogP contribution in [0.4, 0.5) is 4.39 Å². The molecule has 1 aliphatic heterocycles. The highest BCUT2D eigenvalue weighted by Crippen LogP contribution is 2.35. The van der Waals surface area contributed by atoms with Gasteiger partial charge < -0.3 is 9.84 Å². The van der Waals surface area contributed by atoms with Crippen LogP contribution in [0.5, 0.6) is 0 Å². The second-order valence-electron chi connectivity index (χ2n) is 7.19. The van der Waals surface area contributed by atoms with Crippen molar-refractivity contribution >= 4 is 22.9 Å². The number of alkyl halides is 1. The lowest BCUT2D eigenvalue weighted by Crippen LogP contribution is -2.32. The molecule has 2 nitrogen and oxygen atoms in total. The lowest BCUT2D eigenvalue weighted by Gasteiger charge is -2.32. The van der Waals surface area contributed by atoms with Gasteiger partial charge in [-0.1, -0.05) is 54.1 Å². The summed E-state index contributed by atoms with van der Waals surface area (Å²) in [5.74, 6) is 0. The Balaban J connectivity index is 1.54. The van der Waals surface area contributed by atoms with Crippen molar-refractivity contribution in [3.8, 4) is 10.4 Å². The summed E-state index contributed by atoms with van der Waals surface area (Å²) in [4.78, 5) is 2.46. The molecule has 28 heavy (non-hydrogen) atoms. The summed E-state index contributed by atoms with van der Waals surface area (Å²) in [7, 11) is 0. The number of hydrogen-bond acceptors (Lipinski definition) is 3. The van der Waals surface area contributed by atoms with Crippen LogP contribution in [0.15, 0.2) is 60.7 Å². The maximum atomic E-state index is 13.1. The van der Waals surface area contributed by atoms with Crippen LogP contribution in [0.2, 0.25) is 5.02 Å². The van der Waals surface area contributed by atoms with Gasteiger partial charge in [-0.25, -0.2) is 4.39 Å². The molecule has 0 aliphatic carbocycles. The van der Waals surface area contributed by atoms with Gasteiger partial charge in [0.25, 0.3) is 0 Å². The number of hydrogen-bond donors (Lipinski definition) is 1. The van der Waals surface area contributed by atoms with E-state index >= 15 is 0 Å². The summed E-state index contributed by atoms with van der Waals surface area (Å²) in [6, 6.07) is 20.4. The Morgan fingerprint density at radius 2 is 1.89 bits per heavy atom. The first kappa shape index (κ1) is 19.6. The van der Waals surface area contributed by atoms with Gasteiger partial charge in [0.1, 0.15) is 6.67 Å². The predicted octanol–water partition coefficient (Wildman–Crippen LogP) is 6.21. The number of thiophene rings is 1. The molecule has 1 aromatic heterocycles.